The number of unbranched alkanes of at least 4 members (excludes halogenated alkanes) is 1. The van der Waals surface area contributed by atoms with E-state index < -0.39 is 18.6 Å². The summed E-state index contributed by atoms with van der Waals surface area (Å²) in [6, 6.07) is 1.53. The summed E-state index contributed by atoms with van der Waals surface area (Å²) in [6.07, 6.45) is -1.46. The van der Waals surface area contributed by atoms with E-state index in [1.807, 2.05) is 6.92 Å². The van der Waals surface area contributed by atoms with E-state index in [-0.39, 0.29) is 12.2 Å². The molecule has 1 heterocycles. The fourth-order valence-electron chi connectivity index (χ4n) is 1.72. The second-order valence-corrected chi connectivity index (χ2v) is 5.27. The van der Waals surface area contributed by atoms with Crippen molar-refractivity contribution in [3.05, 3.63) is 22.4 Å². The molecule has 0 N–H and O–H groups in total. The normalized spacial score (nSPS) is 11.7. The third-order valence-electron chi connectivity index (χ3n) is 2.63. The van der Waals surface area contributed by atoms with Gasteiger partial charge < -0.3 is 9.47 Å². The molecule has 3 nitrogen and oxygen atoms in total. The molecule has 108 valence electrons. The summed E-state index contributed by atoms with van der Waals surface area (Å²) >= 11 is 3.20. The number of halogens is 4. The fourth-order valence-corrected chi connectivity index (χ4v) is 2.24. The summed E-state index contributed by atoms with van der Waals surface area (Å²) in [4.78, 5) is 13.0. The van der Waals surface area contributed by atoms with Crippen LogP contribution in [0.1, 0.15) is 30.3 Å². The van der Waals surface area contributed by atoms with Gasteiger partial charge >= 0.3 is 6.18 Å². The van der Waals surface area contributed by atoms with Crippen LogP contribution >= 0.6 is 15.9 Å². The lowest BCUT2D eigenvalue weighted by Gasteiger charge is -2.24. The van der Waals surface area contributed by atoms with Gasteiger partial charge in [0.1, 0.15) is 12.2 Å². The standard InChI is InChI=1S/C12H16BrF3N2O/c1-3-4-5-18(8-12(14,15)16)11(19)10-6-9(13)7-17(10)2/h6-7H,3-5,8H2,1-2H3. The lowest BCUT2D eigenvalue weighted by Crippen LogP contribution is -2.40. The van der Waals surface area contributed by atoms with E-state index in [9.17, 15) is 18.0 Å². The van der Waals surface area contributed by atoms with E-state index in [0.717, 1.165) is 11.3 Å². The molecular weight excluding hydrogens is 325 g/mol. The SMILES string of the molecule is CCCCN(CC(F)(F)F)C(=O)c1cc(Br)cn1C. The monoisotopic (exact) mass is 340 g/mol. The zero-order valence-corrected chi connectivity index (χ0v) is 12.4. The molecule has 0 aliphatic heterocycles. The van der Waals surface area contributed by atoms with E-state index in [1.165, 1.54) is 10.6 Å². The van der Waals surface area contributed by atoms with Gasteiger partial charge in [0.15, 0.2) is 0 Å². The van der Waals surface area contributed by atoms with Gasteiger partial charge in [0.25, 0.3) is 5.91 Å². The highest BCUT2D eigenvalue weighted by Gasteiger charge is 2.33. The zero-order valence-electron chi connectivity index (χ0n) is 10.8. The molecule has 1 rings (SSSR count). The predicted octanol–water partition coefficient (Wildman–Crippen LogP) is 3.59. The number of nitrogens with zero attached hydrogens (tertiary/aromatic N) is 2. The van der Waals surface area contributed by atoms with Gasteiger partial charge in [0.2, 0.25) is 0 Å². The molecule has 0 aliphatic rings. The van der Waals surface area contributed by atoms with Gasteiger partial charge in [-0.3, -0.25) is 4.79 Å². The molecule has 0 saturated carbocycles. The Labute approximate surface area is 118 Å². The largest absolute Gasteiger partial charge is 0.406 e. The van der Waals surface area contributed by atoms with Crippen molar-refractivity contribution in [3.8, 4) is 0 Å². The topological polar surface area (TPSA) is 25.2 Å². The summed E-state index contributed by atoms with van der Waals surface area (Å²) in [5, 5.41) is 0. The Balaban J connectivity index is 2.90. The van der Waals surface area contributed by atoms with Crippen molar-refractivity contribution in [1.29, 1.82) is 0 Å². The fraction of sp³-hybridized carbons (Fsp3) is 0.583. The zero-order chi connectivity index (χ0) is 14.6. The lowest BCUT2D eigenvalue weighted by molar-refractivity contribution is -0.140. The summed E-state index contributed by atoms with van der Waals surface area (Å²) in [5.41, 5.74) is 0.243. The Hall–Kier alpha value is -0.980. The molecule has 0 saturated heterocycles. The molecule has 0 aromatic carbocycles. The number of hydrogen-bond acceptors (Lipinski definition) is 1. The summed E-state index contributed by atoms with van der Waals surface area (Å²) in [7, 11) is 1.63. The quantitative estimate of drug-likeness (QED) is 0.804. The van der Waals surface area contributed by atoms with Crippen LogP contribution in [0, 0.1) is 0 Å². The smallest absolute Gasteiger partial charge is 0.345 e. The average molecular weight is 341 g/mol. The van der Waals surface area contributed by atoms with Gasteiger partial charge in [-0.25, -0.2) is 0 Å². The third-order valence-corrected chi connectivity index (χ3v) is 3.06. The Bertz CT molecular complexity index is 443. The maximum atomic E-state index is 12.5. The van der Waals surface area contributed by atoms with E-state index in [4.69, 9.17) is 0 Å². The molecule has 7 heteroatoms. The van der Waals surface area contributed by atoms with Crippen LogP contribution < -0.4 is 0 Å². The number of carbonyl (C=O) groups excluding carboxylic acids is 1. The first-order valence-corrected chi connectivity index (χ1v) is 6.71. The molecule has 1 aromatic rings. The second-order valence-electron chi connectivity index (χ2n) is 4.35. The molecule has 1 aromatic heterocycles. The minimum absolute atomic E-state index is 0.109. The minimum atomic E-state index is -4.38. The summed E-state index contributed by atoms with van der Waals surface area (Å²) in [6.45, 7) is 0.766. The second kappa shape index (κ2) is 6.45. The third kappa shape index (κ3) is 4.89. The highest BCUT2D eigenvalue weighted by molar-refractivity contribution is 9.10. The first-order chi connectivity index (χ1) is 8.74. The van der Waals surface area contributed by atoms with Gasteiger partial charge in [-0.1, -0.05) is 13.3 Å². The number of aryl methyl sites for hydroxylation is 1. The van der Waals surface area contributed by atoms with Crippen molar-refractivity contribution < 1.29 is 18.0 Å². The maximum absolute atomic E-state index is 12.5. The van der Waals surface area contributed by atoms with Crippen molar-refractivity contribution in [2.24, 2.45) is 7.05 Å². The van der Waals surface area contributed by atoms with Crippen LogP contribution in [0.3, 0.4) is 0 Å². The molecule has 0 fully saturated rings. The van der Waals surface area contributed by atoms with Crippen LogP contribution in [0.5, 0.6) is 0 Å². The first kappa shape index (κ1) is 16.1. The highest BCUT2D eigenvalue weighted by atomic mass is 79.9. The Morgan fingerprint density at radius 2 is 2.11 bits per heavy atom. The van der Waals surface area contributed by atoms with Gasteiger partial charge in [0.05, 0.1) is 0 Å². The lowest BCUT2D eigenvalue weighted by atomic mass is 10.2. The van der Waals surface area contributed by atoms with Crippen molar-refractivity contribution in [3.63, 3.8) is 0 Å². The van der Waals surface area contributed by atoms with Crippen LogP contribution in [0.25, 0.3) is 0 Å². The number of alkyl halides is 3. The number of aromatic nitrogens is 1. The van der Waals surface area contributed by atoms with Crippen LogP contribution in [0.15, 0.2) is 16.7 Å². The summed E-state index contributed by atoms with van der Waals surface area (Å²) in [5.74, 6) is -0.598. The number of amides is 1. The molecule has 0 spiro atoms. The van der Waals surface area contributed by atoms with Crippen LogP contribution in [0.2, 0.25) is 0 Å². The number of hydrogen-bond donors (Lipinski definition) is 0. The van der Waals surface area contributed by atoms with E-state index in [0.29, 0.717) is 10.9 Å². The van der Waals surface area contributed by atoms with Crippen LogP contribution in [-0.2, 0) is 7.05 Å². The van der Waals surface area contributed by atoms with Gasteiger partial charge in [-0.2, -0.15) is 13.2 Å². The Morgan fingerprint density at radius 1 is 1.47 bits per heavy atom. The van der Waals surface area contributed by atoms with Gasteiger partial charge in [-0.05, 0) is 28.4 Å². The van der Waals surface area contributed by atoms with E-state index in [2.05, 4.69) is 15.9 Å². The molecule has 0 unspecified atom stereocenters. The summed E-state index contributed by atoms with van der Waals surface area (Å²) < 4.78 is 39.7. The van der Waals surface area contributed by atoms with E-state index >= 15 is 0 Å². The maximum Gasteiger partial charge on any atom is 0.406 e. The molecule has 0 radical (unpaired) electrons. The van der Waals surface area contributed by atoms with Crippen LogP contribution in [-0.4, -0.2) is 34.6 Å². The predicted molar refractivity (Wildman–Crippen MR) is 70.0 cm³/mol. The number of rotatable bonds is 5. The molecule has 0 bridgehead atoms. The first-order valence-electron chi connectivity index (χ1n) is 5.92. The molecule has 19 heavy (non-hydrogen) atoms. The van der Waals surface area contributed by atoms with Crippen molar-refractivity contribution in [2.75, 3.05) is 13.1 Å². The van der Waals surface area contributed by atoms with Crippen molar-refractivity contribution >= 4 is 21.8 Å². The molecular formula is C12H16BrF3N2O. The number of carbonyl (C=O) groups is 1. The van der Waals surface area contributed by atoms with Crippen LogP contribution in [0.4, 0.5) is 13.2 Å². The molecule has 1 amide bonds. The Morgan fingerprint density at radius 3 is 2.53 bits per heavy atom. The average Bonchev–Trinajstić information content (AvgIpc) is 2.61. The van der Waals surface area contributed by atoms with Gasteiger partial charge in [-0.15, -0.1) is 0 Å². The molecule has 0 atom stereocenters. The minimum Gasteiger partial charge on any atom is -0.345 e. The van der Waals surface area contributed by atoms with Gasteiger partial charge in [0, 0.05) is 24.3 Å². The highest BCUT2D eigenvalue weighted by Crippen LogP contribution is 2.20. The Kier molecular flexibility index (Phi) is 5.46. The van der Waals surface area contributed by atoms with Crippen molar-refractivity contribution in [1.82, 2.24) is 9.47 Å². The van der Waals surface area contributed by atoms with E-state index in [1.54, 1.807) is 13.2 Å². The molecule has 0 aliphatic carbocycles. The van der Waals surface area contributed by atoms with Crippen molar-refractivity contribution in [2.45, 2.75) is 25.9 Å².